The molecule has 1 heterocycles. The number of aromatic carboxylic acids is 1. The van der Waals surface area contributed by atoms with E-state index in [9.17, 15) is 9.59 Å². The van der Waals surface area contributed by atoms with Crippen molar-refractivity contribution < 1.29 is 14.7 Å². The van der Waals surface area contributed by atoms with Crippen LogP contribution in [0.4, 0.5) is 5.69 Å². The largest absolute Gasteiger partial charge is 0.478 e. The highest BCUT2D eigenvalue weighted by Gasteiger charge is 2.12. The number of H-pyrrole nitrogens is 1. The summed E-state index contributed by atoms with van der Waals surface area (Å²) in [6.45, 7) is 0. The van der Waals surface area contributed by atoms with Gasteiger partial charge in [0.1, 0.15) is 0 Å². The van der Waals surface area contributed by atoms with E-state index in [1.54, 1.807) is 0 Å². The molecule has 0 aliphatic carbocycles. The molecule has 0 spiro atoms. The van der Waals surface area contributed by atoms with Crippen LogP contribution in [0.2, 0.25) is 5.02 Å². The van der Waals surface area contributed by atoms with Gasteiger partial charge in [-0.1, -0.05) is 16.8 Å². The lowest BCUT2D eigenvalue weighted by atomic mass is 10.2. The summed E-state index contributed by atoms with van der Waals surface area (Å²) in [6, 6.07) is 4.18. The molecular weight excluding hydrogens is 274 g/mol. The van der Waals surface area contributed by atoms with Crippen LogP contribution in [0, 0.1) is 0 Å². The number of amides is 1. The fourth-order valence-corrected chi connectivity index (χ4v) is 1.57. The van der Waals surface area contributed by atoms with Gasteiger partial charge in [0.25, 0.3) is 0 Å². The smallest absolute Gasteiger partial charge is 0.337 e. The monoisotopic (exact) mass is 281 g/mol. The van der Waals surface area contributed by atoms with Gasteiger partial charge in [-0.3, -0.25) is 4.79 Å². The van der Waals surface area contributed by atoms with Crippen LogP contribution in [0.15, 0.2) is 18.2 Å². The number of carbonyl (C=O) groups excluding carboxylic acids is 1. The molecular formula is C10H8ClN5O3. The van der Waals surface area contributed by atoms with Gasteiger partial charge in [0.15, 0.2) is 5.82 Å². The molecule has 0 saturated heterocycles. The van der Waals surface area contributed by atoms with Crippen molar-refractivity contribution in [3.8, 4) is 0 Å². The Hall–Kier alpha value is -2.48. The number of carboxylic acid groups (broad SMARTS) is 1. The van der Waals surface area contributed by atoms with Gasteiger partial charge >= 0.3 is 5.97 Å². The molecule has 1 aromatic carbocycles. The van der Waals surface area contributed by atoms with Crippen molar-refractivity contribution in [3.63, 3.8) is 0 Å². The zero-order valence-corrected chi connectivity index (χ0v) is 10.2. The molecule has 0 radical (unpaired) electrons. The van der Waals surface area contributed by atoms with Crippen molar-refractivity contribution in [1.29, 1.82) is 0 Å². The summed E-state index contributed by atoms with van der Waals surface area (Å²) in [5.74, 6) is -1.32. The van der Waals surface area contributed by atoms with E-state index < -0.39 is 5.97 Å². The molecule has 2 rings (SSSR count). The molecule has 2 aromatic rings. The number of rotatable bonds is 4. The molecule has 3 N–H and O–H groups in total. The van der Waals surface area contributed by atoms with Gasteiger partial charge < -0.3 is 10.4 Å². The third-order valence-corrected chi connectivity index (χ3v) is 2.52. The Bertz CT molecular complexity index is 614. The first-order chi connectivity index (χ1) is 9.06. The summed E-state index contributed by atoms with van der Waals surface area (Å²) in [4.78, 5) is 22.5. The number of hydrogen-bond acceptors (Lipinski definition) is 5. The van der Waals surface area contributed by atoms with Crippen LogP contribution in [0.5, 0.6) is 0 Å². The van der Waals surface area contributed by atoms with Gasteiger partial charge in [-0.15, -0.1) is 10.2 Å². The number of benzene rings is 1. The highest BCUT2D eigenvalue weighted by molar-refractivity contribution is 6.33. The lowest BCUT2D eigenvalue weighted by molar-refractivity contribution is -0.115. The number of carboxylic acids is 1. The predicted molar refractivity (Wildman–Crippen MR) is 64.9 cm³/mol. The lowest BCUT2D eigenvalue weighted by Gasteiger charge is -2.05. The lowest BCUT2D eigenvalue weighted by Crippen LogP contribution is -2.15. The maximum absolute atomic E-state index is 11.6. The Morgan fingerprint density at radius 3 is 2.84 bits per heavy atom. The second-order valence-electron chi connectivity index (χ2n) is 3.55. The van der Waals surface area contributed by atoms with Gasteiger partial charge in [0.2, 0.25) is 5.91 Å². The maximum Gasteiger partial charge on any atom is 0.337 e. The molecule has 1 amide bonds. The molecule has 1 aromatic heterocycles. The predicted octanol–water partition coefficient (Wildman–Crippen LogP) is 0.732. The summed E-state index contributed by atoms with van der Waals surface area (Å²) in [5, 5.41) is 24.3. The van der Waals surface area contributed by atoms with Crippen molar-refractivity contribution >= 4 is 29.2 Å². The molecule has 0 aliphatic heterocycles. The van der Waals surface area contributed by atoms with E-state index in [0.29, 0.717) is 5.69 Å². The molecule has 0 fully saturated rings. The Morgan fingerprint density at radius 1 is 1.42 bits per heavy atom. The highest BCUT2D eigenvalue weighted by Crippen LogP contribution is 2.20. The Labute approximate surface area is 111 Å². The number of tetrazole rings is 1. The zero-order valence-electron chi connectivity index (χ0n) is 9.42. The average Bonchev–Trinajstić information content (AvgIpc) is 2.84. The number of hydrogen-bond donors (Lipinski definition) is 3. The fraction of sp³-hybridized carbons (Fsp3) is 0.100. The summed E-state index contributed by atoms with van der Waals surface area (Å²) in [5.41, 5.74) is 0.245. The van der Waals surface area contributed by atoms with Crippen molar-refractivity contribution in [1.82, 2.24) is 20.6 Å². The number of aromatic amines is 1. The van der Waals surface area contributed by atoms with Crippen molar-refractivity contribution in [2.24, 2.45) is 0 Å². The van der Waals surface area contributed by atoms with Crippen molar-refractivity contribution in [3.05, 3.63) is 34.6 Å². The standard InChI is InChI=1S/C10H8ClN5O3/c11-7-2-1-5(3-6(7)10(18)19)12-9(17)4-8-13-15-16-14-8/h1-3H,4H2,(H,12,17)(H,18,19)(H,13,14,15,16). The Kier molecular flexibility index (Phi) is 3.71. The number of anilines is 1. The van der Waals surface area contributed by atoms with Crippen LogP contribution in [-0.2, 0) is 11.2 Å². The van der Waals surface area contributed by atoms with Crippen molar-refractivity contribution in [2.45, 2.75) is 6.42 Å². The first kappa shape index (κ1) is 13.0. The summed E-state index contributed by atoms with van der Waals surface area (Å²) >= 11 is 5.72. The highest BCUT2D eigenvalue weighted by atomic mass is 35.5. The Morgan fingerprint density at radius 2 is 2.21 bits per heavy atom. The first-order valence-corrected chi connectivity index (χ1v) is 5.49. The molecule has 19 heavy (non-hydrogen) atoms. The number of carbonyl (C=O) groups is 2. The van der Waals surface area contributed by atoms with Gasteiger partial charge in [-0.2, -0.15) is 5.21 Å². The molecule has 0 unspecified atom stereocenters. The van der Waals surface area contributed by atoms with Crippen molar-refractivity contribution in [2.75, 3.05) is 5.32 Å². The number of nitrogens with one attached hydrogen (secondary N) is 2. The molecule has 9 heteroatoms. The first-order valence-electron chi connectivity index (χ1n) is 5.11. The second-order valence-corrected chi connectivity index (χ2v) is 3.96. The molecule has 0 aliphatic rings. The summed E-state index contributed by atoms with van der Waals surface area (Å²) < 4.78 is 0. The van der Waals surface area contributed by atoms with Crippen LogP contribution in [-0.4, -0.2) is 37.6 Å². The summed E-state index contributed by atoms with van der Waals surface area (Å²) in [7, 11) is 0. The van der Waals surface area contributed by atoms with E-state index in [-0.39, 0.29) is 28.7 Å². The minimum Gasteiger partial charge on any atom is -0.478 e. The van der Waals surface area contributed by atoms with Crippen LogP contribution >= 0.6 is 11.6 Å². The van der Waals surface area contributed by atoms with Crippen LogP contribution in [0.1, 0.15) is 16.2 Å². The van der Waals surface area contributed by atoms with E-state index in [1.807, 2.05) is 0 Å². The minimum absolute atomic E-state index is 0.0679. The van der Waals surface area contributed by atoms with Gasteiger partial charge in [-0.05, 0) is 18.2 Å². The van der Waals surface area contributed by atoms with Gasteiger partial charge in [0, 0.05) is 5.69 Å². The summed E-state index contributed by atoms with van der Waals surface area (Å²) in [6.07, 6.45) is -0.0679. The normalized spacial score (nSPS) is 10.2. The molecule has 0 saturated carbocycles. The SMILES string of the molecule is O=C(Cc1nn[nH]n1)Nc1ccc(Cl)c(C(=O)O)c1. The number of halogens is 1. The van der Waals surface area contributed by atoms with E-state index in [4.69, 9.17) is 16.7 Å². The molecule has 8 nitrogen and oxygen atoms in total. The minimum atomic E-state index is -1.17. The molecule has 98 valence electrons. The third-order valence-electron chi connectivity index (χ3n) is 2.19. The van der Waals surface area contributed by atoms with E-state index in [1.165, 1.54) is 18.2 Å². The van der Waals surface area contributed by atoms with Crippen LogP contribution in [0.25, 0.3) is 0 Å². The quantitative estimate of drug-likeness (QED) is 0.760. The van der Waals surface area contributed by atoms with E-state index in [2.05, 4.69) is 25.9 Å². The molecule has 0 atom stereocenters. The second kappa shape index (κ2) is 5.44. The van der Waals surface area contributed by atoms with Gasteiger partial charge in [0.05, 0.1) is 17.0 Å². The topological polar surface area (TPSA) is 121 Å². The number of nitrogens with zero attached hydrogens (tertiary/aromatic N) is 3. The molecule has 0 bridgehead atoms. The van der Waals surface area contributed by atoms with Crippen LogP contribution < -0.4 is 5.32 Å². The average molecular weight is 282 g/mol. The zero-order chi connectivity index (χ0) is 13.8. The van der Waals surface area contributed by atoms with Crippen LogP contribution in [0.3, 0.4) is 0 Å². The van der Waals surface area contributed by atoms with E-state index in [0.717, 1.165) is 0 Å². The van der Waals surface area contributed by atoms with E-state index >= 15 is 0 Å². The third kappa shape index (κ3) is 3.26. The maximum atomic E-state index is 11.6. The fourth-order valence-electron chi connectivity index (χ4n) is 1.37. The Balaban J connectivity index is 2.09. The van der Waals surface area contributed by atoms with Gasteiger partial charge in [-0.25, -0.2) is 4.79 Å². The number of aromatic nitrogens is 4.